The van der Waals surface area contributed by atoms with Crippen LogP contribution in [-0.4, -0.2) is 28.0 Å². The number of H-pyrrole nitrogens is 1. The normalized spacial score (nSPS) is 10.2. The Bertz CT molecular complexity index is 508. The number of pyridine rings is 1. The Morgan fingerprint density at radius 2 is 2.35 bits per heavy atom. The van der Waals surface area contributed by atoms with E-state index in [0.717, 1.165) is 5.69 Å². The highest BCUT2D eigenvalue weighted by molar-refractivity contribution is 6.05. The van der Waals surface area contributed by atoms with Crippen molar-refractivity contribution in [2.45, 2.75) is 6.61 Å². The number of rotatable bonds is 3. The van der Waals surface area contributed by atoms with Crippen molar-refractivity contribution in [2.24, 2.45) is 0 Å². The zero-order valence-electron chi connectivity index (χ0n) is 9.42. The Kier molecular flexibility index (Phi) is 3.20. The van der Waals surface area contributed by atoms with E-state index in [1.165, 1.54) is 11.1 Å². The van der Waals surface area contributed by atoms with E-state index in [1.54, 1.807) is 31.6 Å². The summed E-state index contributed by atoms with van der Waals surface area (Å²) in [5.74, 6) is -0.137. The maximum Gasteiger partial charge on any atom is 0.258 e. The molecular weight excluding hydrogens is 218 g/mol. The molecule has 0 bridgehead atoms. The number of aromatic nitrogens is 2. The van der Waals surface area contributed by atoms with Crippen molar-refractivity contribution in [1.82, 2.24) is 9.97 Å². The number of carbonyl (C=O) groups is 1. The quantitative estimate of drug-likeness (QED) is 0.833. The summed E-state index contributed by atoms with van der Waals surface area (Å²) in [5.41, 5.74) is 1.78. The van der Waals surface area contributed by atoms with E-state index in [-0.39, 0.29) is 12.5 Å². The van der Waals surface area contributed by atoms with Gasteiger partial charge in [-0.2, -0.15) is 0 Å². The number of hydrogen-bond donors (Lipinski definition) is 2. The average Bonchev–Trinajstić information content (AvgIpc) is 2.91. The van der Waals surface area contributed by atoms with Gasteiger partial charge in [0.05, 0.1) is 18.0 Å². The van der Waals surface area contributed by atoms with Gasteiger partial charge in [0.15, 0.2) is 0 Å². The molecule has 2 aromatic heterocycles. The van der Waals surface area contributed by atoms with Gasteiger partial charge in [-0.3, -0.25) is 9.78 Å². The Morgan fingerprint density at radius 3 is 3.00 bits per heavy atom. The van der Waals surface area contributed by atoms with E-state index in [2.05, 4.69) is 9.97 Å². The van der Waals surface area contributed by atoms with Crippen LogP contribution in [0.5, 0.6) is 0 Å². The molecule has 2 rings (SSSR count). The Morgan fingerprint density at radius 1 is 1.53 bits per heavy atom. The molecule has 0 fully saturated rings. The van der Waals surface area contributed by atoms with Gasteiger partial charge >= 0.3 is 0 Å². The molecule has 5 heteroatoms. The second-order valence-electron chi connectivity index (χ2n) is 3.63. The van der Waals surface area contributed by atoms with Gasteiger partial charge < -0.3 is 15.0 Å². The van der Waals surface area contributed by atoms with Gasteiger partial charge in [0.2, 0.25) is 0 Å². The molecular formula is C12H13N3O2. The van der Waals surface area contributed by atoms with Crippen molar-refractivity contribution in [2.75, 3.05) is 11.9 Å². The summed E-state index contributed by atoms with van der Waals surface area (Å²) < 4.78 is 0. The Labute approximate surface area is 98.7 Å². The van der Waals surface area contributed by atoms with Crippen LogP contribution in [0.2, 0.25) is 0 Å². The van der Waals surface area contributed by atoms with Crippen LogP contribution < -0.4 is 4.90 Å². The van der Waals surface area contributed by atoms with Crippen molar-refractivity contribution in [3.8, 4) is 0 Å². The number of hydrogen-bond acceptors (Lipinski definition) is 3. The number of aromatic amines is 1. The maximum absolute atomic E-state index is 12.1. The number of carbonyl (C=O) groups excluding carboxylic acids is 1. The molecule has 5 nitrogen and oxygen atoms in total. The third-order valence-corrected chi connectivity index (χ3v) is 2.50. The van der Waals surface area contributed by atoms with Gasteiger partial charge in [0.25, 0.3) is 5.91 Å². The molecule has 0 spiro atoms. The third kappa shape index (κ3) is 2.34. The molecule has 0 radical (unpaired) electrons. The molecule has 0 saturated heterocycles. The van der Waals surface area contributed by atoms with Crippen LogP contribution >= 0.6 is 0 Å². The minimum absolute atomic E-state index is 0.137. The SMILES string of the molecule is CN(C(=O)c1ccnc(CO)c1)c1cc[nH]c1. The lowest BCUT2D eigenvalue weighted by Gasteiger charge is -2.15. The van der Waals surface area contributed by atoms with E-state index in [0.29, 0.717) is 11.3 Å². The van der Waals surface area contributed by atoms with E-state index in [1.807, 2.05) is 6.07 Å². The Hall–Kier alpha value is -2.14. The minimum Gasteiger partial charge on any atom is -0.390 e. The van der Waals surface area contributed by atoms with Gasteiger partial charge in [-0.15, -0.1) is 0 Å². The second kappa shape index (κ2) is 4.80. The predicted octanol–water partition coefficient (Wildman–Crippen LogP) is 1.18. The van der Waals surface area contributed by atoms with Crippen molar-refractivity contribution in [3.05, 3.63) is 48.0 Å². The van der Waals surface area contributed by atoms with Crippen molar-refractivity contribution in [3.63, 3.8) is 0 Å². The average molecular weight is 231 g/mol. The molecule has 1 amide bonds. The summed E-state index contributed by atoms with van der Waals surface area (Å²) in [7, 11) is 1.70. The first-order chi connectivity index (χ1) is 8.22. The molecule has 17 heavy (non-hydrogen) atoms. The van der Waals surface area contributed by atoms with Gasteiger partial charge in [-0.25, -0.2) is 0 Å². The molecule has 2 aromatic rings. The highest BCUT2D eigenvalue weighted by atomic mass is 16.3. The fraction of sp³-hybridized carbons (Fsp3) is 0.167. The van der Waals surface area contributed by atoms with E-state index in [4.69, 9.17) is 5.11 Å². The third-order valence-electron chi connectivity index (χ3n) is 2.50. The second-order valence-corrected chi connectivity index (χ2v) is 3.63. The van der Waals surface area contributed by atoms with E-state index >= 15 is 0 Å². The first-order valence-electron chi connectivity index (χ1n) is 5.19. The minimum atomic E-state index is -0.172. The van der Waals surface area contributed by atoms with Crippen molar-refractivity contribution >= 4 is 11.6 Å². The van der Waals surface area contributed by atoms with Crippen LogP contribution in [0.15, 0.2) is 36.8 Å². The van der Waals surface area contributed by atoms with Gasteiger partial charge in [0.1, 0.15) is 0 Å². The lowest BCUT2D eigenvalue weighted by molar-refractivity contribution is 0.0992. The number of amides is 1. The number of nitrogens with zero attached hydrogens (tertiary/aromatic N) is 2. The van der Waals surface area contributed by atoms with Crippen LogP contribution in [0.4, 0.5) is 5.69 Å². The lowest BCUT2D eigenvalue weighted by atomic mass is 10.2. The fourth-order valence-electron chi connectivity index (χ4n) is 1.53. The van der Waals surface area contributed by atoms with Crippen LogP contribution in [0.3, 0.4) is 0 Å². The maximum atomic E-state index is 12.1. The van der Waals surface area contributed by atoms with E-state index in [9.17, 15) is 4.79 Å². The summed E-state index contributed by atoms with van der Waals surface area (Å²) in [6.45, 7) is -0.172. The molecule has 0 aliphatic rings. The summed E-state index contributed by atoms with van der Waals surface area (Å²) >= 11 is 0. The van der Waals surface area contributed by atoms with Crippen LogP contribution in [-0.2, 0) is 6.61 Å². The number of aliphatic hydroxyl groups is 1. The molecule has 0 saturated carbocycles. The van der Waals surface area contributed by atoms with Crippen LogP contribution in [0, 0.1) is 0 Å². The first-order valence-corrected chi connectivity index (χ1v) is 5.19. The number of nitrogens with one attached hydrogen (secondary N) is 1. The zero-order valence-corrected chi connectivity index (χ0v) is 9.42. The standard InChI is InChI=1S/C12H13N3O2/c1-15(11-3-4-13-7-11)12(17)9-2-5-14-10(6-9)8-16/h2-7,13,16H,8H2,1H3. The molecule has 2 N–H and O–H groups in total. The lowest BCUT2D eigenvalue weighted by Crippen LogP contribution is -2.25. The van der Waals surface area contributed by atoms with Crippen molar-refractivity contribution < 1.29 is 9.90 Å². The monoisotopic (exact) mass is 231 g/mol. The largest absolute Gasteiger partial charge is 0.390 e. The Balaban J connectivity index is 2.24. The molecule has 0 aliphatic carbocycles. The molecule has 0 unspecified atom stereocenters. The number of anilines is 1. The fourth-order valence-corrected chi connectivity index (χ4v) is 1.53. The highest BCUT2D eigenvalue weighted by Gasteiger charge is 2.14. The summed E-state index contributed by atoms with van der Waals surface area (Å²) in [6, 6.07) is 5.03. The zero-order chi connectivity index (χ0) is 12.3. The molecule has 0 aliphatic heterocycles. The predicted molar refractivity (Wildman–Crippen MR) is 63.7 cm³/mol. The van der Waals surface area contributed by atoms with E-state index < -0.39 is 0 Å². The summed E-state index contributed by atoms with van der Waals surface area (Å²) in [5, 5.41) is 8.97. The summed E-state index contributed by atoms with van der Waals surface area (Å²) in [4.78, 5) is 20.5. The molecule has 2 heterocycles. The smallest absolute Gasteiger partial charge is 0.258 e. The summed E-state index contributed by atoms with van der Waals surface area (Å²) in [6.07, 6.45) is 5.01. The van der Waals surface area contributed by atoms with Crippen molar-refractivity contribution in [1.29, 1.82) is 0 Å². The topological polar surface area (TPSA) is 69.2 Å². The molecule has 88 valence electrons. The first kappa shape index (κ1) is 11.3. The molecule has 0 aromatic carbocycles. The highest BCUT2D eigenvalue weighted by Crippen LogP contribution is 2.14. The number of aliphatic hydroxyl groups excluding tert-OH is 1. The van der Waals surface area contributed by atoms with Gasteiger partial charge in [-0.05, 0) is 18.2 Å². The van der Waals surface area contributed by atoms with Gasteiger partial charge in [-0.1, -0.05) is 0 Å². The van der Waals surface area contributed by atoms with Crippen LogP contribution in [0.1, 0.15) is 16.1 Å². The van der Waals surface area contributed by atoms with Crippen LogP contribution in [0.25, 0.3) is 0 Å². The molecule has 0 atom stereocenters. The van der Waals surface area contributed by atoms with Gasteiger partial charge in [0, 0.05) is 31.2 Å².